The molecule has 23 heavy (non-hydrogen) atoms. The summed E-state index contributed by atoms with van der Waals surface area (Å²) in [6.07, 6.45) is 9.30. The lowest BCUT2D eigenvalue weighted by atomic mass is 9.68. The molecule has 130 valence electrons. The topological polar surface area (TPSA) is 40.8 Å². The Hall–Kier alpha value is -0.720. The van der Waals surface area contributed by atoms with Crippen LogP contribution >= 0.6 is 24.0 Å². The van der Waals surface area contributed by atoms with Gasteiger partial charge in [-0.05, 0) is 50.2 Å². The molecule has 2 heterocycles. The van der Waals surface area contributed by atoms with E-state index in [0.717, 1.165) is 37.7 Å². The number of hydrogen-bond donors (Lipinski definition) is 1. The molecule has 0 radical (unpaired) electrons. The van der Waals surface area contributed by atoms with Gasteiger partial charge in [0.2, 0.25) is 0 Å². The van der Waals surface area contributed by atoms with E-state index in [2.05, 4.69) is 24.1 Å². The highest BCUT2D eigenvalue weighted by atomic mass is 127. The fourth-order valence-electron chi connectivity index (χ4n) is 3.49. The van der Waals surface area contributed by atoms with E-state index >= 15 is 0 Å². The lowest BCUT2D eigenvalue weighted by molar-refractivity contribution is 0.151. The highest BCUT2D eigenvalue weighted by Gasteiger charge is 2.43. The Kier molecular flexibility index (Phi) is 6.80. The zero-order chi connectivity index (χ0) is 15.4. The normalized spacial score (nSPS) is 21.0. The molecule has 4 nitrogen and oxygen atoms in total. The maximum Gasteiger partial charge on any atom is 0.194 e. The molecule has 1 aliphatic heterocycles. The number of aliphatic imine (C=N–C) groups is 1. The monoisotopic (exact) mass is 431 g/mol. The number of furan rings is 1. The van der Waals surface area contributed by atoms with Gasteiger partial charge in [0.15, 0.2) is 5.96 Å². The van der Waals surface area contributed by atoms with Crippen molar-refractivity contribution in [3.63, 3.8) is 0 Å². The van der Waals surface area contributed by atoms with Gasteiger partial charge in [0.25, 0.3) is 0 Å². The SMILES string of the molecule is CCC(C)NC(=NCCc1ccco1)N1CCC2(CCC2)C1.I. The Morgan fingerprint density at radius 3 is 2.83 bits per heavy atom. The predicted molar refractivity (Wildman–Crippen MR) is 105 cm³/mol. The van der Waals surface area contributed by atoms with E-state index in [1.807, 2.05) is 12.1 Å². The second-order valence-electron chi connectivity index (χ2n) is 7.01. The van der Waals surface area contributed by atoms with E-state index in [0.29, 0.717) is 11.5 Å². The summed E-state index contributed by atoms with van der Waals surface area (Å²) >= 11 is 0. The third-order valence-electron chi connectivity index (χ3n) is 5.34. The molecular weight excluding hydrogens is 401 g/mol. The first kappa shape index (κ1) is 18.6. The summed E-state index contributed by atoms with van der Waals surface area (Å²) in [5.74, 6) is 2.12. The van der Waals surface area contributed by atoms with Crippen molar-refractivity contribution >= 4 is 29.9 Å². The van der Waals surface area contributed by atoms with Crippen LogP contribution in [0.3, 0.4) is 0 Å². The number of likely N-dealkylation sites (tertiary alicyclic amines) is 1. The predicted octanol–water partition coefficient (Wildman–Crippen LogP) is 4.06. The molecule has 1 saturated carbocycles. The smallest absolute Gasteiger partial charge is 0.194 e. The van der Waals surface area contributed by atoms with E-state index < -0.39 is 0 Å². The van der Waals surface area contributed by atoms with Crippen LogP contribution in [-0.4, -0.2) is 36.5 Å². The number of halogens is 1. The average Bonchev–Trinajstić information content (AvgIpc) is 3.14. The molecule has 1 spiro atoms. The summed E-state index contributed by atoms with van der Waals surface area (Å²) in [6, 6.07) is 4.44. The van der Waals surface area contributed by atoms with Crippen molar-refractivity contribution in [1.82, 2.24) is 10.2 Å². The zero-order valence-electron chi connectivity index (χ0n) is 14.4. The molecule has 1 aliphatic carbocycles. The molecule has 2 aliphatic rings. The van der Waals surface area contributed by atoms with Gasteiger partial charge in [-0.2, -0.15) is 0 Å². The van der Waals surface area contributed by atoms with Gasteiger partial charge in [-0.3, -0.25) is 4.99 Å². The highest BCUT2D eigenvalue weighted by Crippen LogP contribution is 2.47. The quantitative estimate of drug-likeness (QED) is 0.434. The summed E-state index contributed by atoms with van der Waals surface area (Å²) in [4.78, 5) is 7.34. The van der Waals surface area contributed by atoms with Crippen LogP contribution in [0.15, 0.2) is 27.8 Å². The Morgan fingerprint density at radius 2 is 2.26 bits per heavy atom. The van der Waals surface area contributed by atoms with E-state index in [1.165, 1.54) is 32.2 Å². The van der Waals surface area contributed by atoms with Gasteiger partial charge < -0.3 is 14.6 Å². The third-order valence-corrected chi connectivity index (χ3v) is 5.34. The summed E-state index contributed by atoms with van der Waals surface area (Å²) in [5.41, 5.74) is 0.610. The van der Waals surface area contributed by atoms with Crippen LogP contribution in [0.4, 0.5) is 0 Å². The molecule has 1 aromatic rings. The van der Waals surface area contributed by atoms with Crippen LogP contribution in [0.25, 0.3) is 0 Å². The minimum atomic E-state index is 0. The maximum absolute atomic E-state index is 5.40. The van der Waals surface area contributed by atoms with Crippen LogP contribution in [0.2, 0.25) is 0 Å². The van der Waals surface area contributed by atoms with Gasteiger partial charge in [-0.1, -0.05) is 13.3 Å². The first-order chi connectivity index (χ1) is 10.7. The van der Waals surface area contributed by atoms with E-state index in [9.17, 15) is 0 Å². The summed E-state index contributed by atoms with van der Waals surface area (Å²) in [7, 11) is 0. The van der Waals surface area contributed by atoms with Gasteiger partial charge in [-0.25, -0.2) is 0 Å². The van der Waals surface area contributed by atoms with Gasteiger partial charge in [0.1, 0.15) is 5.76 Å². The van der Waals surface area contributed by atoms with Crippen LogP contribution in [-0.2, 0) is 6.42 Å². The van der Waals surface area contributed by atoms with Crippen LogP contribution in [0, 0.1) is 5.41 Å². The Balaban J connectivity index is 0.00000192. The van der Waals surface area contributed by atoms with Crippen molar-refractivity contribution in [2.24, 2.45) is 10.4 Å². The maximum atomic E-state index is 5.40. The molecule has 1 saturated heterocycles. The number of hydrogen-bond acceptors (Lipinski definition) is 2. The fourth-order valence-corrected chi connectivity index (χ4v) is 3.49. The van der Waals surface area contributed by atoms with Crippen molar-refractivity contribution < 1.29 is 4.42 Å². The van der Waals surface area contributed by atoms with Gasteiger partial charge in [-0.15, -0.1) is 24.0 Å². The minimum absolute atomic E-state index is 0. The van der Waals surface area contributed by atoms with Crippen molar-refractivity contribution in [3.8, 4) is 0 Å². The Labute approximate surface area is 157 Å². The van der Waals surface area contributed by atoms with E-state index in [1.54, 1.807) is 6.26 Å². The van der Waals surface area contributed by atoms with Crippen molar-refractivity contribution in [3.05, 3.63) is 24.2 Å². The lowest BCUT2D eigenvalue weighted by Gasteiger charge is -2.38. The Morgan fingerprint density at radius 1 is 1.43 bits per heavy atom. The molecule has 0 aromatic carbocycles. The minimum Gasteiger partial charge on any atom is -0.469 e. The summed E-state index contributed by atoms with van der Waals surface area (Å²) in [6.45, 7) is 7.58. The summed E-state index contributed by atoms with van der Waals surface area (Å²) < 4.78 is 5.40. The van der Waals surface area contributed by atoms with Gasteiger partial charge >= 0.3 is 0 Å². The van der Waals surface area contributed by atoms with Gasteiger partial charge in [0.05, 0.1) is 6.26 Å². The van der Waals surface area contributed by atoms with Crippen molar-refractivity contribution in [1.29, 1.82) is 0 Å². The summed E-state index contributed by atoms with van der Waals surface area (Å²) in [5, 5.41) is 3.62. The molecule has 0 bridgehead atoms. The van der Waals surface area contributed by atoms with Gasteiger partial charge in [0, 0.05) is 32.1 Å². The second kappa shape index (κ2) is 8.40. The van der Waals surface area contributed by atoms with E-state index in [4.69, 9.17) is 9.41 Å². The van der Waals surface area contributed by atoms with Crippen LogP contribution in [0.5, 0.6) is 0 Å². The first-order valence-corrected chi connectivity index (χ1v) is 8.79. The number of nitrogens with zero attached hydrogens (tertiary/aromatic N) is 2. The second-order valence-corrected chi connectivity index (χ2v) is 7.01. The molecule has 1 atom stereocenters. The molecule has 3 rings (SSSR count). The number of rotatable bonds is 5. The molecular formula is C18H30IN3O. The number of guanidine groups is 1. The van der Waals surface area contributed by atoms with Crippen molar-refractivity contribution in [2.75, 3.05) is 19.6 Å². The average molecular weight is 431 g/mol. The van der Waals surface area contributed by atoms with Crippen LogP contribution in [0.1, 0.15) is 51.7 Å². The molecule has 0 amide bonds. The highest BCUT2D eigenvalue weighted by molar-refractivity contribution is 14.0. The molecule has 1 aromatic heterocycles. The first-order valence-electron chi connectivity index (χ1n) is 8.79. The molecule has 2 fully saturated rings. The standard InChI is InChI=1S/C18H29N3O.HI/c1-3-15(2)20-17(19-11-7-16-6-4-13-22-16)21-12-10-18(14-21)8-5-9-18;/h4,6,13,15H,3,5,7-12,14H2,1-2H3,(H,19,20);1H. The Bertz CT molecular complexity index is 496. The largest absolute Gasteiger partial charge is 0.469 e. The molecule has 5 heteroatoms. The zero-order valence-corrected chi connectivity index (χ0v) is 16.7. The molecule has 1 unspecified atom stereocenters. The van der Waals surface area contributed by atoms with Crippen molar-refractivity contribution in [2.45, 2.75) is 58.4 Å². The van der Waals surface area contributed by atoms with Crippen LogP contribution < -0.4 is 5.32 Å². The number of nitrogens with one attached hydrogen (secondary N) is 1. The molecule has 1 N–H and O–H groups in total. The fraction of sp³-hybridized carbons (Fsp3) is 0.722. The lowest BCUT2D eigenvalue weighted by Crippen LogP contribution is -2.45. The van der Waals surface area contributed by atoms with E-state index in [-0.39, 0.29) is 24.0 Å². The third kappa shape index (κ3) is 4.64.